The minimum atomic E-state index is -4.42. The Morgan fingerprint density at radius 2 is 1.56 bits per heavy atom. The molecule has 7 nitrogen and oxygen atoms in total. The first-order valence-corrected chi connectivity index (χ1v) is 15.5. The van der Waals surface area contributed by atoms with Gasteiger partial charge in [-0.05, 0) is 64.7 Å². The lowest BCUT2D eigenvalue weighted by atomic mass is 10.0. The summed E-state index contributed by atoms with van der Waals surface area (Å²) in [5.74, 6) is 0.0526. The van der Waals surface area contributed by atoms with Crippen LogP contribution in [0.5, 0.6) is 0 Å². The lowest BCUT2D eigenvalue weighted by molar-refractivity contribution is -0.137. The van der Waals surface area contributed by atoms with Gasteiger partial charge in [-0.3, -0.25) is 4.79 Å². The Morgan fingerprint density at radius 3 is 2.20 bits per heavy atom. The van der Waals surface area contributed by atoms with E-state index in [1.807, 2.05) is 51.9 Å². The molecule has 1 aromatic heterocycles. The molecule has 5 aromatic rings. The lowest BCUT2D eigenvalue weighted by Crippen LogP contribution is -2.29. The highest BCUT2D eigenvalue weighted by molar-refractivity contribution is 7.92. The number of hydrogen-bond donors (Lipinski definition) is 1. The van der Waals surface area contributed by atoms with Crippen molar-refractivity contribution in [3.05, 3.63) is 131 Å². The summed E-state index contributed by atoms with van der Waals surface area (Å²) in [5.41, 5.74) is 4.09. The van der Waals surface area contributed by atoms with Crippen LogP contribution in [0.15, 0.2) is 103 Å². The predicted octanol–water partition coefficient (Wildman–Crippen LogP) is 7.29. The van der Waals surface area contributed by atoms with Crippen molar-refractivity contribution in [1.82, 2.24) is 14.3 Å². The molecule has 0 atom stereocenters. The van der Waals surface area contributed by atoms with Gasteiger partial charge in [-0.15, -0.1) is 0 Å². The quantitative estimate of drug-likeness (QED) is 0.201. The number of halogens is 4. The molecule has 0 aliphatic carbocycles. The summed E-state index contributed by atoms with van der Waals surface area (Å²) in [6.45, 7) is 0.141. The Balaban J connectivity index is 1.26. The molecule has 0 spiro atoms. The summed E-state index contributed by atoms with van der Waals surface area (Å²) >= 11 is 6.07. The van der Waals surface area contributed by atoms with Crippen molar-refractivity contribution in [3.63, 3.8) is 0 Å². The second-order valence-electron chi connectivity index (χ2n) is 10.4. The van der Waals surface area contributed by atoms with E-state index in [4.69, 9.17) is 16.6 Å². The number of anilines is 1. The van der Waals surface area contributed by atoms with Gasteiger partial charge in [0, 0.05) is 23.3 Å². The van der Waals surface area contributed by atoms with Crippen molar-refractivity contribution < 1.29 is 26.4 Å². The molecule has 45 heavy (non-hydrogen) atoms. The van der Waals surface area contributed by atoms with Crippen LogP contribution in [-0.2, 0) is 27.7 Å². The normalized spacial score (nSPS) is 14.7. The number of rotatable bonds is 7. The maximum Gasteiger partial charge on any atom is 0.416 e. The average molecular weight is 649 g/mol. The number of amides is 1. The highest BCUT2D eigenvalue weighted by atomic mass is 35.5. The monoisotopic (exact) mass is 648 g/mol. The zero-order valence-corrected chi connectivity index (χ0v) is 24.9. The molecule has 0 saturated carbocycles. The molecule has 1 N–H and O–H groups in total. The predicted molar refractivity (Wildman–Crippen MR) is 168 cm³/mol. The number of imidazole rings is 1. The fraction of sp³-hybridized carbons (Fsp3) is 0.0909. The first kappa shape index (κ1) is 30.2. The van der Waals surface area contributed by atoms with Crippen molar-refractivity contribution in [2.24, 2.45) is 0 Å². The van der Waals surface area contributed by atoms with Gasteiger partial charge in [-0.2, -0.15) is 21.6 Å². The fourth-order valence-electron chi connectivity index (χ4n) is 4.92. The summed E-state index contributed by atoms with van der Waals surface area (Å²) in [6, 6.07) is 26.6. The maximum atomic E-state index is 13.2. The van der Waals surface area contributed by atoms with Crippen LogP contribution in [0.3, 0.4) is 0 Å². The summed E-state index contributed by atoms with van der Waals surface area (Å²) in [5, 5.41) is 0.601. The number of aromatic nitrogens is 2. The van der Waals surface area contributed by atoms with E-state index in [9.17, 15) is 26.4 Å². The SMILES string of the molecule is O=C1CN(c2ccc(Cn3cc(-c4ccc(Cl)cc4)nc3C=Cc3ccc(-c4cccc(C(F)(F)F)c4)cc3)cc2)S(=O)(=O)N1. The number of benzene rings is 4. The molecule has 2 heterocycles. The summed E-state index contributed by atoms with van der Waals surface area (Å²) in [4.78, 5) is 16.4. The molecule has 1 aliphatic heterocycles. The largest absolute Gasteiger partial charge is 0.416 e. The third kappa shape index (κ3) is 6.79. The zero-order chi connectivity index (χ0) is 31.8. The van der Waals surface area contributed by atoms with Crippen LogP contribution >= 0.6 is 11.6 Å². The molecule has 12 heteroatoms. The Hall–Kier alpha value is -4.87. The van der Waals surface area contributed by atoms with Gasteiger partial charge in [-0.25, -0.2) is 14.0 Å². The number of nitrogens with one attached hydrogen (secondary N) is 1. The minimum absolute atomic E-state index is 0.274. The van der Waals surface area contributed by atoms with E-state index in [0.717, 1.165) is 38.8 Å². The van der Waals surface area contributed by atoms with Crippen LogP contribution in [-0.4, -0.2) is 30.4 Å². The van der Waals surface area contributed by atoms with Crippen LogP contribution in [0.2, 0.25) is 5.02 Å². The third-order valence-electron chi connectivity index (χ3n) is 7.20. The average Bonchev–Trinajstić information content (AvgIpc) is 3.54. The van der Waals surface area contributed by atoms with Gasteiger partial charge >= 0.3 is 16.4 Å². The Kier molecular flexibility index (Phi) is 7.98. The molecule has 6 rings (SSSR count). The van der Waals surface area contributed by atoms with Gasteiger partial charge in [0.15, 0.2) is 0 Å². The fourth-order valence-corrected chi connectivity index (χ4v) is 6.20. The van der Waals surface area contributed by atoms with Gasteiger partial charge in [0.05, 0.1) is 16.9 Å². The van der Waals surface area contributed by atoms with Crippen LogP contribution in [0, 0.1) is 0 Å². The molecular weight excluding hydrogens is 625 g/mol. The topological polar surface area (TPSA) is 84.3 Å². The molecule has 4 aromatic carbocycles. The molecule has 0 unspecified atom stereocenters. The first-order valence-electron chi connectivity index (χ1n) is 13.7. The summed E-state index contributed by atoms with van der Waals surface area (Å²) in [6.07, 6.45) is 1.20. The third-order valence-corrected chi connectivity index (χ3v) is 8.86. The number of nitrogens with zero attached hydrogens (tertiary/aromatic N) is 3. The number of carbonyl (C=O) groups excluding carboxylic acids is 1. The second-order valence-corrected chi connectivity index (χ2v) is 12.4. The van der Waals surface area contributed by atoms with Gasteiger partial charge in [-0.1, -0.05) is 78.3 Å². The molecule has 1 saturated heterocycles. The molecule has 228 valence electrons. The Morgan fingerprint density at radius 1 is 0.867 bits per heavy atom. The van der Waals surface area contributed by atoms with Crippen LogP contribution in [0.4, 0.5) is 18.9 Å². The van der Waals surface area contributed by atoms with Crippen molar-refractivity contribution in [3.8, 4) is 22.4 Å². The summed E-state index contributed by atoms with van der Waals surface area (Å²) in [7, 11) is -3.90. The van der Waals surface area contributed by atoms with E-state index in [2.05, 4.69) is 0 Å². The first-order chi connectivity index (χ1) is 21.4. The lowest BCUT2D eigenvalue weighted by Gasteiger charge is -2.15. The number of hydrogen-bond acceptors (Lipinski definition) is 4. The van der Waals surface area contributed by atoms with E-state index in [-0.39, 0.29) is 6.54 Å². The summed E-state index contributed by atoms with van der Waals surface area (Å²) < 4.78 is 68.8. The highest BCUT2D eigenvalue weighted by Crippen LogP contribution is 2.32. The van der Waals surface area contributed by atoms with Crippen molar-refractivity contribution in [2.45, 2.75) is 12.7 Å². The van der Waals surface area contributed by atoms with Crippen LogP contribution in [0.25, 0.3) is 34.5 Å². The van der Waals surface area contributed by atoms with E-state index in [1.54, 1.807) is 54.6 Å². The van der Waals surface area contributed by atoms with Gasteiger partial charge in [0.25, 0.3) is 5.91 Å². The molecular formula is C33H24ClF3N4O3S. The standard InChI is InChI=1S/C33H24ClF3N4O3S/c34-28-13-11-25(12-14-28)30-20-40(19-23-6-15-29(16-7-23)41-21-32(42)39-45(41,43)44)31(38-30)17-8-22-4-9-24(10-5-22)26-2-1-3-27(18-26)33(35,36)37/h1-18,20H,19,21H2,(H,39,42). The van der Waals surface area contributed by atoms with Crippen molar-refractivity contribution in [2.75, 3.05) is 10.8 Å². The molecule has 1 amide bonds. The maximum absolute atomic E-state index is 13.2. The highest BCUT2D eigenvalue weighted by Gasteiger charge is 2.34. The van der Waals surface area contributed by atoms with Crippen LogP contribution in [0.1, 0.15) is 22.5 Å². The van der Waals surface area contributed by atoms with Crippen molar-refractivity contribution >= 4 is 45.6 Å². The Labute approximate surface area is 262 Å². The van der Waals surface area contributed by atoms with E-state index in [1.165, 1.54) is 6.07 Å². The number of alkyl halides is 3. The van der Waals surface area contributed by atoms with E-state index >= 15 is 0 Å². The minimum Gasteiger partial charge on any atom is -0.326 e. The molecule has 1 aliphatic rings. The number of carbonyl (C=O) groups is 1. The van der Waals surface area contributed by atoms with Gasteiger partial charge < -0.3 is 4.57 Å². The van der Waals surface area contributed by atoms with Gasteiger partial charge in [0.2, 0.25) is 0 Å². The zero-order valence-electron chi connectivity index (χ0n) is 23.4. The Bertz CT molecular complexity index is 2010. The second kappa shape index (κ2) is 11.9. The van der Waals surface area contributed by atoms with E-state index < -0.39 is 27.9 Å². The van der Waals surface area contributed by atoms with Crippen LogP contribution < -0.4 is 9.03 Å². The molecule has 1 fully saturated rings. The molecule has 0 radical (unpaired) electrons. The van der Waals surface area contributed by atoms with E-state index in [0.29, 0.717) is 34.2 Å². The smallest absolute Gasteiger partial charge is 0.326 e. The van der Waals surface area contributed by atoms with Crippen molar-refractivity contribution in [1.29, 1.82) is 0 Å². The molecule has 0 bridgehead atoms. The van der Waals surface area contributed by atoms with Gasteiger partial charge in [0.1, 0.15) is 12.4 Å².